The molecule has 0 N–H and O–H groups in total. The van der Waals surface area contributed by atoms with Gasteiger partial charge in [-0.25, -0.2) is 0 Å². The van der Waals surface area contributed by atoms with Crippen molar-refractivity contribution in [2.45, 2.75) is 32.7 Å². The summed E-state index contributed by atoms with van der Waals surface area (Å²) >= 11 is 3.63. The molecule has 0 bridgehead atoms. The molecule has 1 aromatic rings. The predicted molar refractivity (Wildman–Crippen MR) is 79.0 cm³/mol. The molecule has 0 radical (unpaired) electrons. The number of halogens is 1. The average molecular weight is 312 g/mol. The van der Waals surface area contributed by atoms with Crippen molar-refractivity contribution in [1.29, 1.82) is 0 Å². The number of benzene rings is 1. The van der Waals surface area contributed by atoms with E-state index in [-0.39, 0.29) is 0 Å². The van der Waals surface area contributed by atoms with Crippen LogP contribution in [0.25, 0.3) is 0 Å². The third kappa shape index (κ3) is 3.48. The Hall–Kier alpha value is -0.540. The second-order valence-electron chi connectivity index (χ2n) is 5.08. The van der Waals surface area contributed by atoms with Crippen LogP contribution in [-0.4, -0.2) is 25.1 Å². The predicted octanol–water partition coefficient (Wildman–Crippen LogP) is 4.08. The van der Waals surface area contributed by atoms with Crippen molar-refractivity contribution in [3.05, 3.63) is 28.2 Å². The normalized spacial score (nSPS) is 15.8. The van der Waals surface area contributed by atoms with Crippen molar-refractivity contribution in [3.8, 4) is 5.75 Å². The van der Waals surface area contributed by atoms with Crippen LogP contribution >= 0.6 is 15.9 Å². The molecule has 18 heavy (non-hydrogen) atoms. The zero-order chi connectivity index (χ0) is 13.0. The monoisotopic (exact) mass is 311 g/mol. The van der Waals surface area contributed by atoms with Gasteiger partial charge in [0.15, 0.2) is 0 Å². The summed E-state index contributed by atoms with van der Waals surface area (Å²) in [5.74, 6) is 1.86. The molecule has 1 saturated carbocycles. The molecule has 0 atom stereocenters. The minimum absolute atomic E-state index is 0.925. The Morgan fingerprint density at radius 1 is 1.39 bits per heavy atom. The van der Waals surface area contributed by atoms with E-state index >= 15 is 0 Å². The van der Waals surface area contributed by atoms with Crippen molar-refractivity contribution in [2.24, 2.45) is 5.92 Å². The summed E-state index contributed by atoms with van der Waals surface area (Å²) in [5.41, 5.74) is 1.32. The van der Waals surface area contributed by atoms with E-state index < -0.39 is 0 Å². The molecule has 2 rings (SSSR count). The summed E-state index contributed by atoms with van der Waals surface area (Å²) in [7, 11) is 1.72. The lowest BCUT2D eigenvalue weighted by Gasteiger charge is -2.32. The summed E-state index contributed by atoms with van der Waals surface area (Å²) in [6.45, 7) is 5.60. The highest BCUT2D eigenvalue weighted by Crippen LogP contribution is 2.29. The van der Waals surface area contributed by atoms with Crippen molar-refractivity contribution in [3.63, 3.8) is 0 Å². The molecule has 2 nitrogen and oxygen atoms in total. The van der Waals surface area contributed by atoms with Crippen LogP contribution < -0.4 is 4.74 Å². The maximum Gasteiger partial charge on any atom is 0.119 e. The number of methoxy groups -OCH3 is 1. The van der Waals surface area contributed by atoms with Crippen LogP contribution in [0.15, 0.2) is 22.7 Å². The lowest BCUT2D eigenvalue weighted by atomic mass is 9.85. The highest BCUT2D eigenvalue weighted by Gasteiger charge is 2.20. The fraction of sp³-hybridized carbons (Fsp3) is 0.600. The maximum atomic E-state index is 5.30. The second-order valence-corrected chi connectivity index (χ2v) is 5.94. The van der Waals surface area contributed by atoms with Crippen LogP contribution in [-0.2, 0) is 6.54 Å². The summed E-state index contributed by atoms with van der Waals surface area (Å²) in [5, 5.41) is 0. The quantitative estimate of drug-likeness (QED) is 0.785. The van der Waals surface area contributed by atoms with Gasteiger partial charge in [0.05, 0.1) is 7.11 Å². The standard InChI is InChI=1S/C15H22BrNO/c1-3-17(10-12-5-4-6-12)11-13-9-14(18-2)7-8-15(13)16/h7-9,12H,3-6,10-11H2,1-2H3. The SMILES string of the molecule is CCN(Cc1cc(OC)ccc1Br)CC1CCC1. The van der Waals surface area contributed by atoms with Gasteiger partial charge in [0, 0.05) is 17.6 Å². The summed E-state index contributed by atoms with van der Waals surface area (Å²) in [6, 6.07) is 6.20. The molecule has 0 saturated heterocycles. The van der Waals surface area contributed by atoms with Crippen LogP contribution in [0.2, 0.25) is 0 Å². The van der Waals surface area contributed by atoms with Crippen LogP contribution in [0.5, 0.6) is 5.75 Å². The van der Waals surface area contributed by atoms with Gasteiger partial charge in [0.1, 0.15) is 5.75 Å². The molecule has 100 valence electrons. The highest BCUT2D eigenvalue weighted by atomic mass is 79.9. The minimum atomic E-state index is 0.925. The summed E-state index contributed by atoms with van der Waals surface area (Å²) < 4.78 is 6.48. The van der Waals surface area contributed by atoms with Gasteiger partial charge in [0.2, 0.25) is 0 Å². The largest absolute Gasteiger partial charge is 0.497 e. The fourth-order valence-electron chi connectivity index (χ4n) is 2.39. The van der Waals surface area contributed by atoms with E-state index in [0.29, 0.717) is 0 Å². The maximum absolute atomic E-state index is 5.30. The van der Waals surface area contributed by atoms with Gasteiger partial charge in [-0.1, -0.05) is 29.3 Å². The molecular weight excluding hydrogens is 290 g/mol. The van der Waals surface area contributed by atoms with Crippen molar-refractivity contribution in [2.75, 3.05) is 20.2 Å². The van der Waals surface area contributed by atoms with Crippen LogP contribution in [0.3, 0.4) is 0 Å². The lowest BCUT2D eigenvalue weighted by molar-refractivity contribution is 0.178. The van der Waals surface area contributed by atoms with Crippen molar-refractivity contribution >= 4 is 15.9 Å². The van der Waals surface area contributed by atoms with E-state index in [1.165, 1.54) is 35.8 Å². The van der Waals surface area contributed by atoms with Gasteiger partial charge in [-0.05, 0) is 49.1 Å². The van der Waals surface area contributed by atoms with E-state index in [1.54, 1.807) is 7.11 Å². The van der Waals surface area contributed by atoms with Crippen LogP contribution in [0.1, 0.15) is 31.7 Å². The van der Waals surface area contributed by atoms with Crippen LogP contribution in [0.4, 0.5) is 0 Å². The molecule has 0 aliphatic heterocycles. The highest BCUT2D eigenvalue weighted by molar-refractivity contribution is 9.10. The van der Waals surface area contributed by atoms with E-state index in [2.05, 4.69) is 39.9 Å². The number of hydrogen-bond donors (Lipinski definition) is 0. The molecule has 1 aliphatic rings. The zero-order valence-electron chi connectivity index (χ0n) is 11.3. The molecule has 0 aromatic heterocycles. The van der Waals surface area contributed by atoms with Gasteiger partial charge in [-0.3, -0.25) is 4.90 Å². The molecule has 0 amide bonds. The van der Waals surface area contributed by atoms with Gasteiger partial charge in [0.25, 0.3) is 0 Å². The Bertz CT molecular complexity index is 390. The van der Waals surface area contributed by atoms with Gasteiger partial charge >= 0.3 is 0 Å². The number of ether oxygens (including phenoxy) is 1. The molecule has 0 heterocycles. The smallest absolute Gasteiger partial charge is 0.119 e. The lowest BCUT2D eigenvalue weighted by Crippen LogP contribution is -2.32. The third-order valence-electron chi connectivity index (χ3n) is 3.84. The molecule has 1 aliphatic carbocycles. The molecule has 1 aromatic carbocycles. The van der Waals surface area contributed by atoms with E-state index in [1.807, 2.05) is 6.07 Å². The Kier molecular flexibility index (Phi) is 5.07. The first-order valence-corrected chi connectivity index (χ1v) is 7.57. The molecule has 0 spiro atoms. The van der Waals surface area contributed by atoms with E-state index in [4.69, 9.17) is 4.74 Å². The van der Waals surface area contributed by atoms with Gasteiger partial charge in [-0.15, -0.1) is 0 Å². The Labute approximate surface area is 118 Å². The Morgan fingerprint density at radius 2 is 2.17 bits per heavy atom. The van der Waals surface area contributed by atoms with E-state index in [9.17, 15) is 0 Å². The number of rotatable bonds is 6. The summed E-state index contributed by atoms with van der Waals surface area (Å²) in [6.07, 6.45) is 4.25. The third-order valence-corrected chi connectivity index (χ3v) is 4.61. The summed E-state index contributed by atoms with van der Waals surface area (Å²) in [4.78, 5) is 2.53. The first kappa shape index (κ1) is 13.9. The number of nitrogens with zero attached hydrogens (tertiary/aromatic N) is 1. The average Bonchev–Trinajstić information content (AvgIpc) is 2.34. The zero-order valence-corrected chi connectivity index (χ0v) is 12.9. The Morgan fingerprint density at radius 3 is 2.72 bits per heavy atom. The van der Waals surface area contributed by atoms with Crippen molar-refractivity contribution in [1.82, 2.24) is 4.90 Å². The Balaban J connectivity index is 2.00. The fourth-order valence-corrected chi connectivity index (χ4v) is 2.76. The van der Waals surface area contributed by atoms with Gasteiger partial charge < -0.3 is 4.74 Å². The van der Waals surface area contributed by atoms with E-state index in [0.717, 1.165) is 24.8 Å². The minimum Gasteiger partial charge on any atom is -0.497 e. The van der Waals surface area contributed by atoms with Gasteiger partial charge in [-0.2, -0.15) is 0 Å². The molecule has 0 unspecified atom stereocenters. The topological polar surface area (TPSA) is 12.5 Å². The molecule has 1 fully saturated rings. The first-order chi connectivity index (χ1) is 8.72. The molecular formula is C15H22BrNO. The van der Waals surface area contributed by atoms with Crippen molar-refractivity contribution < 1.29 is 4.74 Å². The molecule has 3 heteroatoms. The number of hydrogen-bond acceptors (Lipinski definition) is 2. The first-order valence-electron chi connectivity index (χ1n) is 6.77. The van der Waals surface area contributed by atoms with Crippen LogP contribution in [0, 0.1) is 5.92 Å². The second kappa shape index (κ2) is 6.58.